The average molecular weight is 393 g/mol. The molecule has 28 heavy (non-hydrogen) atoms. The van der Waals surface area contributed by atoms with Crippen molar-refractivity contribution in [2.45, 2.75) is 53.7 Å². The van der Waals surface area contributed by atoms with Gasteiger partial charge in [0.25, 0.3) is 0 Å². The van der Waals surface area contributed by atoms with Crippen LogP contribution in [0.5, 0.6) is 0 Å². The molecule has 0 radical (unpaired) electrons. The van der Waals surface area contributed by atoms with Gasteiger partial charge in [-0.15, -0.1) is 0 Å². The van der Waals surface area contributed by atoms with Crippen LogP contribution in [0.25, 0.3) is 0 Å². The predicted octanol–water partition coefficient (Wildman–Crippen LogP) is 5.49. The molecule has 0 unspecified atom stereocenters. The number of rotatable bonds is 8. The molecule has 0 aliphatic carbocycles. The van der Waals surface area contributed by atoms with Crippen LogP contribution in [0.4, 0.5) is 0 Å². The number of carbonyl (C=O) groups is 1. The van der Waals surface area contributed by atoms with E-state index in [0.29, 0.717) is 0 Å². The molecular formula is C25H28O2S. The van der Waals surface area contributed by atoms with Crippen molar-refractivity contribution in [1.82, 2.24) is 0 Å². The van der Waals surface area contributed by atoms with E-state index < -0.39 is 5.97 Å². The second kappa shape index (κ2) is 12.8. The van der Waals surface area contributed by atoms with E-state index in [1.807, 2.05) is 0 Å². The maximum absolute atomic E-state index is 9.85. The van der Waals surface area contributed by atoms with Gasteiger partial charge in [0.05, 0.1) is 10.9 Å². The summed E-state index contributed by atoms with van der Waals surface area (Å²) in [5.74, 6) is -0.925. The molecule has 0 heterocycles. The van der Waals surface area contributed by atoms with E-state index in [1.165, 1.54) is 14.7 Å². The van der Waals surface area contributed by atoms with Gasteiger partial charge in [-0.05, 0) is 49.2 Å². The first kappa shape index (κ1) is 21.8. The normalized spacial score (nSPS) is 10.2. The second-order valence-corrected chi connectivity index (χ2v) is 8.45. The lowest BCUT2D eigenvalue weighted by molar-refractivity contribution is -0.305. The zero-order valence-corrected chi connectivity index (χ0v) is 17.2. The number of hydrogen-bond donors (Lipinski definition) is 0. The Kier molecular flexibility index (Phi) is 9.95. The van der Waals surface area contributed by atoms with E-state index in [1.54, 1.807) is 0 Å². The molecule has 0 amide bonds. The molecule has 0 aliphatic heterocycles. The summed E-state index contributed by atoms with van der Waals surface area (Å²) in [6, 6.07) is 32.2. The first-order chi connectivity index (χ1) is 13.7. The van der Waals surface area contributed by atoms with Crippen molar-refractivity contribution in [3.63, 3.8) is 0 Å². The summed E-state index contributed by atoms with van der Waals surface area (Å²) in [5.41, 5.74) is 0. The minimum Gasteiger partial charge on any atom is -0.550 e. The lowest BCUT2D eigenvalue weighted by atomic mass is 10.2. The Morgan fingerprint density at radius 2 is 1.07 bits per heavy atom. The fourth-order valence-electron chi connectivity index (χ4n) is 2.77. The topological polar surface area (TPSA) is 40.1 Å². The van der Waals surface area contributed by atoms with Crippen molar-refractivity contribution < 1.29 is 9.90 Å². The monoisotopic (exact) mass is 392 g/mol. The van der Waals surface area contributed by atoms with Crippen molar-refractivity contribution in [2.24, 2.45) is 0 Å². The molecule has 0 aliphatic rings. The highest BCUT2D eigenvalue weighted by atomic mass is 32.2. The highest BCUT2D eigenvalue weighted by Crippen LogP contribution is 2.30. The predicted molar refractivity (Wildman–Crippen MR) is 115 cm³/mol. The third kappa shape index (κ3) is 7.61. The van der Waals surface area contributed by atoms with E-state index in [-0.39, 0.29) is 17.3 Å². The van der Waals surface area contributed by atoms with Crippen molar-refractivity contribution >= 4 is 16.9 Å². The number of hydrogen-bond acceptors (Lipinski definition) is 2. The Morgan fingerprint density at radius 3 is 1.39 bits per heavy atom. The fourth-order valence-corrected chi connectivity index (χ4v) is 4.88. The largest absolute Gasteiger partial charge is 0.550 e. The van der Waals surface area contributed by atoms with Gasteiger partial charge in [-0.25, -0.2) is 0 Å². The minimum atomic E-state index is -0.925. The Labute approximate surface area is 171 Å². The van der Waals surface area contributed by atoms with Gasteiger partial charge < -0.3 is 9.90 Å². The Bertz CT molecular complexity index is 695. The van der Waals surface area contributed by atoms with Gasteiger partial charge in [-0.3, -0.25) is 0 Å². The Hall–Kier alpha value is -2.52. The standard InChI is InChI=1S/C18H15S.C7H14O2/c1-4-10-16(11-5-1)19(17-12-6-2-7-13-17)18-14-8-3-9-15-18;1-2-3-4-5-6-7(8)9/h1-15H;2-6H2,1H3,(H,8,9)/q+1;/p-1. The summed E-state index contributed by atoms with van der Waals surface area (Å²) in [4.78, 5) is 13.9. The van der Waals surface area contributed by atoms with Gasteiger partial charge in [-0.1, -0.05) is 80.8 Å². The van der Waals surface area contributed by atoms with Crippen LogP contribution >= 0.6 is 0 Å². The first-order valence-electron chi connectivity index (χ1n) is 9.81. The van der Waals surface area contributed by atoms with Gasteiger partial charge in [0.15, 0.2) is 14.7 Å². The minimum absolute atomic E-state index is 0.0146. The van der Waals surface area contributed by atoms with Crippen LogP contribution in [-0.4, -0.2) is 5.97 Å². The highest BCUT2D eigenvalue weighted by molar-refractivity contribution is 7.97. The molecule has 0 atom stereocenters. The lowest BCUT2D eigenvalue weighted by Gasteiger charge is -2.07. The maximum Gasteiger partial charge on any atom is 0.166 e. The summed E-state index contributed by atoms with van der Waals surface area (Å²) < 4.78 is 0. The van der Waals surface area contributed by atoms with E-state index in [9.17, 15) is 9.90 Å². The zero-order chi connectivity index (χ0) is 20.0. The van der Waals surface area contributed by atoms with Gasteiger partial charge in [0.2, 0.25) is 0 Å². The molecule has 0 saturated heterocycles. The number of aliphatic carboxylic acids is 1. The van der Waals surface area contributed by atoms with Crippen LogP contribution in [0.2, 0.25) is 0 Å². The zero-order valence-electron chi connectivity index (χ0n) is 16.4. The average Bonchev–Trinajstić information content (AvgIpc) is 2.74. The smallest absolute Gasteiger partial charge is 0.166 e. The SMILES string of the molecule is CCCCCCC(=O)[O-].c1ccc([S+](c2ccccc2)c2ccccc2)cc1. The van der Waals surface area contributed by atoms with E-state index >= 15 is 0 Å². The molecule has 2 nitrogen and oxygen atoms in total. The highest BCUT2D eigenvalue weighted by Gasteiger charge is 2.27. The molecule has 3 rings (SSSR count). The molecular weight excluding hydrogens is 364 g/mol. The third-order valence-electron chi connectivity index (χ3n) is 4.17. The van der Waals surface area contributed by atoms with Crippen LogP contribution in [0.15, 0.2) is 106 Å². The van der Waals surface area contributed by atoms with E-state index in [2.05, 4.69) is 97.9 Å². The van der Waals surface area contributed by atoms with Crippen molar-refractivity contribution in [3.8, 4) is 0 Å². The summed E-state index contributed by atoms with van der Waals surface area (Å²) in [5, 5.41) is 9.85. The van der Waals surface area contributed by atoms with Crippen molar-refractivity contribution in [3.05, 3.63) is 91.0 Å². The number of carbonyl (C=O) groups excluding carboxylic acids is 1. The van der Waals surface area contributed by atoms with Crippen molar-refractivity contribution in [2.75, 3.05) is 0 Å². The summed E-state index contributed by atoms with van der Waals surface area (Å²) in [6.45, 7) is 2.10. The van der Waals surface area contributed by atoms with Crippen LogP contribution in [-0.2, 0) is 15.7 Å². The third-order valence-corrected chi connectivity index (χ3v) is 6.40. The van der Waals surface area contributed by atoms with Gasteiger partial charge in [0.1, 0.15) is 0 Å². The lowest BCUT2D eigenvalue weighted by Crippen LogP contribution is -2.21. The molecule has 0 N–H and O–H groups in total. The number of unbranched alkanes of at least 4 members (excludes halogenated alkanes) is 3. The second-order valence-electron chi connectivity index (χ2n) is 6.43. The van der Waals surface area contributed by atoms with Crippen LogP contribution < -0.4 is 5.11 Å². The molecule has 0 aromatic heterocycles. The quantitative estimate of drug-likeness (QED) is 0.376. The summed E-state index contributed by atoms with van der Waals surface area (Å²) in [7, 11) is -0.0146. The van der Waals surface area contributed by atoms with E-state index in [4.69, 9.17) is 0 Å². The molecule has 0 saturated carbocycles. The maximum atomic E-state index is 9.85. The number of carboxylic acids is 1. The van der Waals surface area contributed by atoms with Gasteiger partial charge in [-0.2, -0.15) is 0 Å². The van der Waals surface area contributed by atoms with Crippen LogP contribution in [0.3, 0.4) is 0 Å². The van der Waals surface area contributed by atoms with Gasteiger partial charge >= 0.3 is 0 Å². The molecule has 3 heteroatoms. The molecule has 146 valence electrons. The number of carboxylic acid groups (broad SMARTS) is 1. The Morgan fingerprint density at radius 1 is 0.679 bits per heavy atom. The summed E-state index contributed by atoms with van der Waals surface area (Å²) >= 11 is 0. The van der Waals surface area contributed by atoms with E-state index in [0.717, 1.165) is 25.7 Å². The summed E-state index contributed by atoms with van der Waals surface area (Å²) in [6.07, 6.45) is 4.29. The first-order valence-corrected chi connectivity index (χ1v) is 11.0. The van der Waals surface area contributed by atoms with Crippen LogP contribution in [0, 0.1) is 0 Å². The Balaban J connectivity index is 0.000000266. The molecule has 0 spiro atoms. The molecule has 3 aromatic carbocycles. The van der Waals surface area contributed by atoms with Crippen LogP contribution in [0.1, 0.15) is 39.0 Å². The molecule has 0 fully saturated rings. The van der Waals surface area contributed by atoms with Gasteiger partial charge in [0, 0.05) is 5.97 Å². The molecule has 0 bridgehead atoms. The number of benzene rings is 3. The van der Waals surface area contributed by atoms with Crippen molar-refractivity contribution in [1.29, 1.82) is 0 Å². The molecule has 3 aromatic rings. The fraction of sp³-hybridized carbons (Fsp3) is 0.240.